The van der Waals surface area contributed by atoms with Crippen molar-refractivity contribution < 1.29 is 48.6 Å². The van der Waals surface area contributed by atoms with Crippen LogP contribution in [0.25, 0.3) is 0 Å². The minimum absolute atomic E-state index is 0.127. The molecule has 3 aliphatic carbocycles. The molecule has 2 saturated heterocycles. The molecule has 2 heterocycles. The summed E-state index contributed by atoms with van der Waals surface area (Å²) in [6.07, 6.45) is 1.35. The molecule has 0 aromatic heterocycles. The van der Waals surface area contributed by atoms with Gasteiger partial charge in [0.25, 0.3) is 0 Å². The Kier molecular flexibility index (Phi) is 7.16. The fraction of sp³-hybridized carbons (Fsp3) is 0.714. The summed E-state index contributed by atoms with van der Waals surface area (Å²) in [5.74, 6) is -11.4. The predicted octanol–water partition coefficient (Wildman–Crippen LogP) is 0.757. The van der Waals surface area contributed by atoms with E-state index in [0.717, 1.165) is 0 Å². The lowest BCUT2D eigenvalue weighted by Crippen LogP contribution is -2.40. The summed E-state index contributed by atoms with van der Waals surface area (Å²) >= 11 is 0. The van der Waals surface area contributed by atoms with Gasteiger partial charge in [0.2, 0.25) is 23.6 Å². The zero-order valence-electron chi connectivity index (χ0n) is 22.5. The second-order valence-electron chi connectivity index (χ2n) is 12.4. The smallest absolute Gasteiger partial charge is 0.307 e. The summed E-state index contributed by atoms with van der Waals surface area (Å²) in [7, 11) is 0. The molecule has 5 aliphatic rings. The highest BCUT2D eigenvalue weighted by Crippen LogP contribution is 2.48. The maximum absolute atomic E-state index is 13.3. The fourth-order valence-electron chi connectivity index (χ4n) is 8.17. The summed E-state index contributed by atoms with van der Waals surface area (Å²) in [6.45, 7) is 2.93. The van der Waals surface area contributed by atoms with E-state index in [9.17, 15) is 48.6 Å². The lowest BCUT2D eigenvalue weighted by atomic mass is 9.67. The van der Waals surface area contributed by atoms with E-state index in [1.54, 1.807) is 0 Å². The molecule has 0 aromatic carbocycles. The van der Waals surface area contributed by atoms with Gasteiger partial charge < -0.3 is 10.2 Å². The topological polar surface area (TPSA) is 183 Å². The minimum atomic E-state index is -1.30. The van der Waals surface area contributed by atoms with Crippen molar-refractivity contribution in [1.82, 2.24) is 9.80 Å². The Labute approximate surface area is 230 Å². The molecular formula is C28H34N2O10. The van der Waals surface area contributed by atoms with E-state index >= 15 is 0 Å². The highest BCUT2D eigenvalue weighted by molar-refractivity contribution is 6.07. The second-order valence-corrected chi connectivity index (χ2v) is 12.4. The van der Waals surface area contributed by atoms with Crippen LogP contribution in [0.15, 0.2) is 0 Å². The standard InChI is InChI=1S/C28H34N2O10/c1-11(31)15-6-17-18(7-16(15)12(2)32)24(34)29(23(17)33)10-13-3-4-14(5-13)30-25(35)19-8-21(27(37)38)22(28(39)40)9-20(19)26(30)36/h13-22H,3-10H2,1-2H3,(H,37,38)(H,39,40). The van der Waals surface area contributed by atoms with Gasteiger partial charge in [-0.05, 0) is 64.7 Å². The van der Waals surface area contributed by atoms with E-state index in [0.29, 0.717) is 19.3 Å². The number of Topliss-reactive ketones (excluding diaryl/α,β-unsaturated/α-hetero) is 2. The Morgan fingerprint density at radius 2 is 1.02 bits per heavy atom. The van der Waals surface area contributed by atoms with Crippen LogP contribution >= 0.6 is 0 Å². The van der Waals surface area contributed by atoms with Gasteiger partial charge in [-0.25, -0.2) is 0 Å². The molecule has 216 valence electrons. The van der Waals surface area contributed by atoms with E-state index in [1.807, 2.05) is 0 Å². The van der Waals surface area contributed by atoms with Crippen LogP contribution in [0.4, 0.5) is 0 Å². The van der Waals surface area contributed by atoms with Crippen molar-refractivity contribution >= 4 is 47.1 Å². The fourth-order valence-corrected chi connectivity index (χ4v) is 8.17. The van der Waals surface area contributed by atoms with Gasteiger partial charge in [0, 0.05) is 24.4 Å². The summed E-state index contributed by atoms with van der Waals surface area (Å²) < 4.78 is 0. The number of rotatable bonds is 7. The van der Waals surface area contributed by atoms with Gasteiger partial charge in [-0.2, -0.15) is 0 Å². The number of ketones is 2. The van der Waals surface area contributed by atoms with E-state index in [-0.39, 0.29) is 61.5 Å². The van der Waals surface area contributed by atoms with Crippen LogP contribution in [0.1, 0.15) is 58.8 Å². The Bertz CT molecular complexity index is 1130. The molecule has 4 amide bonds. The maximum atomic E-state index is 13.3. The van der Waals surface area contributed by atoms with Gasteiger partial charge in [0.1, 0.15) is 11.6 Å². The Balaban J connectivity index is 1.26. The van der Waals surface area contributed by atoms with Crippen molar-refractivity contribution in [2.24, 2.45) is 53.3 Å². The molecular weight excluding hydrogens is 524 g/mol. The molecule has 0 radical (unpaired) electrons. The highest BCUT2D eigenvalue weighted by Gasteiger charge is 2.58. The molecule has 0 aromatic rings. The molecule has 40 heavy (non-hydrogen) atoms. The summed E-state index contributed by atoms with van der Waals surface area (Å²) in [4.78, 5) is 103. The number of likely N-dealkylation sites (tertiary alicyclic amines) is 2. The first-order valence-electron chi connectivity index (χ1n) is 14.0. The number of carboxylic acid groups (broad SMARTS) is 2. The molecule has 2 N–H and O–H groups in total. The number of carbonyl (C=O) groups excluding carboxylic acids is 6. The molecule has 12 nitrogen and oxygen atoms in total. The summed E-state index contributed by atoms with van der Waals surface area (Å²) in [6, 6.07) is -0.471. The molecule has 5 rings (SSSR count). The highest BCUT2D eigenvalue weighted by atomic mass is 16.4. The van der Waals surface area contributed by atoms with Crippen LogP contribution in [-0.2, 0) is 38.4 Å². The van der Waals surface area contributed by atoms with Crippen LogP contribution in [-0.4, -0.2) is 79.7 Å². The van der Waals surface area contributed by atoms with Gasteiger partial charge in [-0.15, -0.1) is 0 Å². The van der Waals surface area contributed by atoms with Crippen LogP contribution in [0.2, 0.25) is 0 Å². The van der Waals surface area contributed by atoms with Crippen LogP contribution in [0, 0.1) is 53.3 Å². The van der Waals surface area contributed by atoms with Crippen molar-refractivity contribution in [1.29, 1.82) is 0 Å². The van der Waals surface area contributed by atoms with Gasteiger partial charge in [0.15, 0.2) is 0 Å². The third-order valence-electron chi connectivity index (χ3n) is 10.2. The Morgan fingerprint density at radius 1 is 0.625 bits per heavy atom. The number of fused-ring (bicyclic) bond motifs is 2. The molecule has 0 spiro atoms. The molecule has 10 atom stereocenters. The molecule has 10 unspecified atom stereocenters. The number of hydrogen-bond donors (Lipinski definition) is 2. The van der Waals surface area contributed by atoms with Crippen LogP contribution in [0.3, 0.4) is 0 Å². The lowest BCUT2D eigenvalue weighted by molar-refractivity contribution is -0.158. The Morgan fingerprint density at radius 3 is 1.43 bits per heavy atom. The number of carbonyl (C=O) groups is 8. The van der Waals surface area contributed by atoms with Crippen molar-refractivity contribution in [3.05, 3.63) is 0 Å². The lowest BCUT2D eigenvalue weighted by Gasteiger charge is -2.33. The number of nitrogens with zero attached hydrogens (tertiary/aromatic N) is 2. The first-order chi connectivity index (χ1) is 18.8. The van der Waals surface area contributed by atoms with Gasteiger partial charge >= 0.3 is 11.9 Å². The third kappa shape index (κ3) is 4.45. The van der Waals surface area contributed by atoms with Gasteiger partial charge in [-0.3, -0.25) is 48.2 Å². The second kappa shape index (κ2) is 10.2. The summed E-state index contributed by atoms with van der Waals surface area (Å²) in [5.41, 5.74) is 0. The number of hydrogen-bond acceptors (Lipinski definition) is 8. The molecule has 5 fully saturated rings. The zero-order chi connectivity index (χ0) is 29.2. The number of carboxylic acids is 2. The molecule has 12 heteroatoms. The number of imide groups is 2. The monoisotopic (exact) mass is 558 g/mol. The van der Waals surface area contributed by atoms with Gasteiger partial charge in [-0.1, -0.05) is 0 Å². The zero-order valence-corrected chi connectivity index (χ0v) is 22.5. The van der Waals surface area contributed by atoms with Crippen LogP contribution < -0.4 is 0 Å². The van der Waals surface area contributed by atoms with Crippen molar-refractivity contribution in [3.63, 3.8) is 0 Å². The van der Waals surface area contributed by atoms with E-state index in [4.69, 9.17) is 0 Å². The van der Waals surface area contributed by atoms with Crippen molar-refractivity contribution in [2.45, 2.75) is 64.8 Å². The normalized spacial score (nSPS) is 39.4. The maximum Gasteiger partial charge on any atom is 0.307 e. The number of amides is 4. The largest absolute Gasteiger partial charge is 0.481 e. The first-order valence-corrected chi connectivity index (χ1v) is 14.0. The van der Waals surface area contributed by atoms with E-state index < -0.39 is 77.1 Å². The quantitative estimate of drug-likeness (QED) is 0.423. The van der Waals surface area contributed by atoms with E-state index in [2.05, 4.69) is 0 Å². The number of aliphatic carboxylic acids is 2. The first kappa shape index (κ1) is 28.1. The minimum Gasteiger partial charge on any atom is -0.481 e. The van der Waals surface area contributed by atoms with E-state index in [1.165, 1.54) is 23.6 Å². The molecule has 0 bridgehead atoms. The Hall–Kier alpha value is -3.44. The van der Waals surface area contributed by atoms with Gasteiger partial charge in [0.05, 0.1) is 35.5 Å². The molecule has 3 saturated carbocycles. The average Bonchev–Trinajstić information content (AvgIpc) is 3.52. The third-order valence-corrected chi connectivity index (χ3v) is 10.2. The SMILES string of the molecule is CC(=O)C1CC2C(=O)N(CC3CCC(N4C(=O)C5CC(C(=O)O)C(C(=O)O)CC5C4=O)C3)C(=O)C2CC1C(C)=O. The van der Waals surface area contributed by atoms with Crippen molar-refractivity contribution in [3.8, 4) is 0 Å². The summed E-state index contributed by atoms with van der Waals surface area (Å²) in [5, 5.41) is 19.0. The predicted molar refractivity (Wildman–Crippen MR) is 133 cm³/mol. The average molecular weight is 559 g/mol. The van der Waals surface area contributed by atoms with Crippen LogP contribution in [0.5, 0.6) is 0 Å². The molecule has 2 aliphatic heterocycles. The van der Waals surface area contributed by atoms with Crippen molar-refractivity contribution in [2.75, 3.05) is 6.54 Å².